The number of fused-ring (bicyclic) bond motifs is 2. The maximum Gasteiger partial charge on any atom is 0.238 e. The van der Waals surface area contributed by atoms with Crippen LogP contribution in [-0.2, 0) is 23.0 Å². The highest BCUT2D eigenvalue weighted by molar-refractivity contribution is 7.89. The Kier molecular flexibility index (Phi) is 4.30. The molecule has 5 rings (SSSR count). The molecule has 0 fully saturated rings. The van der Waals surface area contributed by atoms with E-state index in [4.69, 9.17) is 10.9 Å². The molecular weight excluding hydrogens is 396 g/mol. The average Bonchev–Trinajstić information content (AvgIpc) is 3.16. The molecule has 1 radical (unpaired) electrons. The van der Waals surface area contributed by atoms with Crippen molar-refractivity contribution in [2.45, 2.75) is 17.9 Å². The zero-order chi connectivity index (χ0) is 20.9. The fourth-order valence-corrected chi connectivity index (χ4v) is 5.08. The highest BCUT2D eigenvalue weighted by Gasteiger charge is 2.30. The number of nitrogens with two attached hydrogens (primary N) is 2. The first-order valence-corrected chi connectivity index (χ1v) is 11.2. The molecule has 2 heterocycles. The molecule has 6 nitrogen and oxygen atoms in total. The van der Waals surface area contributed by atoms with E-state index in [9.17, 15) is 8.42 Å². The molecule has 0 bridgehead atoms. The van der Waals surface area contributed by atoms with Gasteiger partial charge in [0.15, 0.2) is 0 Å². The lowest BCUT2D eigenvalue weighted by Crippen LogP contribution is -2.44. The van der Waals surface area contributed by atoms with Gasteiger partial charge in [-0.3, -0.25) is 10.0 Å². The van der Waals surface area contributed by atoms with Crippen LogP contribution in [0.1, 0.15) is 16.7 Å². The number of rotatable bonds is 3. The third-order valence-electron chi connectivity index (χ3n) is 5.69. The number of nitrogens with zero attached hydrogens (tertiary/aromatic N) is 2. The average molecular weight is 418 g/mol. The largest absolute Gasteiger partial charge is 0.384 e. The molecule has 2 aliphatic heterocycles. The molecule has 0 saturated carbocycles. The van der Waals surface area contributed by atoms with Crippen molar-refractivity contribution in [3.63, 3.8) is 0 Å². The summed E-state index contributed by atoms with van der Waals surface area (Å²) in [5.74, 6) is 0.678. The first kappa shape index (κ1) is 18.7. The standard InChI is InChI=1S/C23H21N4O2S/c24-23-14-16-6-1-2-7-17(16)15-27(23)26-13-12-19-18(9-5-10-21(19)26)20-8-3-4-11-22(20)30(25,28)29/h1,3-11,14H,12-13,15,24H2,(H2,25,28,29). The fraction of sp³-hybridized carbons (Fsp3) is 0.130. The Morgan fingerprint density at radius 1 is 0.967 bits per heavy atom. The number of hydrazine groups is 1. The zero-order valence-corrected chi connectivity index (χ0v) is 17.1. The Balaban J connectivity index is 1.58. The van der Waals surface area contributed by atoms with E-state index in [0.717, 1.165) is 40.9 Å². The van der Waals surface area contributed by atoms with Crippen LogP contribution in [0, 0.1) is 6.07 Å². The highest BCUT2D eigenvalue weighted by atomic mass is 32.2. The van der Waals surface area contributed by atoms with E-state index in [0.29, 0.717) is 17.9 Å². The molecular formula is C23H21N4O2S. The predicted molar refractivity (Wildman–Crippen MR) is 117 cm³/mol. The van der Waals surface area contributed by atoms with E-state index < -0.39 is 10.0 Å². The summed E-state index contributed by atoms with van der Waals surface area (Å²) in [6.45, 7) is 1.41. The van der Waals surface area contributed by atoms with Gasteiger partial charge in [0.2, 0.25) is 10.0 Å². The topological polar surface area (TPSA) is 92.7 Å². The van der Waals surface area contributed by atoms with Gasteiger partial charge in [0.25, 0.3) is 0 Å². The third kappa shape index (κ3) is 3.03. The molecule has 0 aliphatic carbocycles. The van der Waals surface area contributed by atoms with E-state index in [1.54, 1.807) is 18.2 Å². The van der Waals surface area contributed by atoms with Gasteiger partial charge in [-0.1, -0.05) is 42.5 Å². The van der Waals surface area contributed by atoms with E-state index in [2.05, 4.69) is 16.1 Å². The van der Waals surface area contributed by atoms with Crippen molar-refractivity contribution < 1.29 is 8.42 Å². The van der Waals surface area contributed by atoms with Crippen LogP contribution >= 0.6 is 0 Å². The number of hydrogen-bond acceptors (Lipinski definition) is 5. The Morgan fingerprint density at radius 3 is 2.60 bits per heavy atom. The summed E-state index contributed by atoms with van der Waals surface area (Å²) in [6, 6.07) is 21.8. The first-order valence-electron chi connectivity index (χ1n) is 9.69. The quantitative estimate of drug-likeness (QED) is 0.684. The van der Waals surface area contributed by atoms with Crippen molar-refractivity contribution in [3.8, 4) is 11.1 Å². The van der Waals surface area contributed by atoms with Crippen LogP contribution in [0.5, 0.6) is 0 Å². The van der Waals surface area contributed by atoms with Crippen molar-refractivity contribution in [3.05, 3.63) is 89.2 Å². The molecule has 30 heavy (non-hydrogen) atoms. The summed E-state index contributed by atoms with van der Waals surface area (Å²) in [5, 5.41) is 9.71. The molecule has 2 aliphatic rings. The smallest absolute Gasteiger partial charge is 0.238 e. The molecule has 0 unspecified atom stereocenters. The summed E-state index contributed by atoms with van der Waals surface area (Å²) in [7, 11) is -3.83. The lowest BCUT2D eigenvalue weighted by molar-refractivity contribution is 0.309. The van der Waals surface area contributed by atoms with Gasteiger partial charge in [0.05, 0.1) is 17.1 Å². The second kappa shape index (κ2) is 6.90. The zero-order valence-electron chi connectivity index (χ0n) is 16.2. The number of sulfonamides is 1. The van der Waals surface area contributed by atoms with Crippen LogP contribution in [-0.4, -0.2) is 20.0 Å². The molecule has 0 saturated heterocycles. The molecule has 3 aromatic carbocycles. The summed E-state index contributed by atoms with van der Waals surface area (Å²) in [6.07, 6.45) is 2.76. The minimum absolute atomic E-state index is 0.138. The highest BCUT2D eigenvalue weighted by Crippen LogP contribution is 2.40. The molecule has 4 N–H and O–H groups in total. The summed E-state index contributed by atoms with van der Waals surface area (Å²) < 4.78 is 24.3. The number of anilines is 1. The van der Waals surface area contributed by atoms with Gasteiger partial charge in [-0.2, -0.15) is 0 Å². The summed E-state index contributed by atoms with van der Waals surface area (Å²) in [5.41, 5.74) is 12.3. The molecule has 7 heteroatoms. The molecule has 0 amide bonds. The van der Waals surface area contributed by atoms with Crippen molar-refractivity contribution in [2.75, 3.05) is 11.6 Å². The van der Waals surface area contributed by atoms with Crippen LogP contribution in [0.2, 0.25) is 0 Å². The maximum absolute atomic E-state index is 12.1. The Bertz CT molecular complexity index is 1280. The minimum atomic E-state index is -3.83. The fourth-order valence-electron chi connectivity index (χ4n) is 4.32. The SMILES string of the molecule is NC1=Cc2cc[c]cc2CN1N1CCc2c(-c3ccccc3S(N)(=O)=O)cccc21. The molecule has 0 atom stereocenters. The Labute approximate surface area is 176 Å². The van der Waals surface area contributed by atoms with Crippen LogP contribution in [0.15, 0.2) is 71.4 Å². The minimum Gasteiger partial charge on any atom is -0.384 e. The molecule has 0 aromatic heterocycles. The van der Waals surface area contributed by atoms with E-state index >= 15 is 0 Å². The van der Waals surface area contributed by atoms with E-state index in [1.165, 1.54) is 0 Å². The lowest BCUT2D eigenvalue weighted by atomic mass is 9.98. The monoisotopic (exact) mass is 417 g/mol. The van der Waals surface area contributed by atoms with Crippen molar-refractivity contribution in [1.82, 2.24) is 5.01 Å². The van der Waals surface area contributed by atoms with Crippen LogP contribution in [0.4, 0.5) is 5.69 Å². The molecule has 3 aromatic rings. The number of hydrogen-bond donors (Lipinski definition) is 2. The van der Waals surface area contributed by atoms with Crippen molar-refractivity contribution in [2.24, 2.45) is 10.9 Å². The van der Waals surface area contributed by atoms with Crippen LogP contribution in [0.25, 0.3) is 17.2 Å². The number of primary sulfonamides is 1. The van der Waals surface area contributed by atoms with Crippen LogP contribution in [0.3, 0.4) is 0 Å². The van der Waals surface area contributed by atoms with Crippen LogP contribution < -0.4 is 15.9 Å². The van der Waals surface area contributed by atoms with Gasteiger partial charge in [0, 0.05) is 12.1 Å². The first-order chi connectivity index (χ1) is 14.4. The normalized spacial score (nSPS) is 15.6. The van der Waals surface area contributed by atoms with Gasteiger partial charge in [0.1, 0.15) is 5.82 Å². The molecule has 151 valence electrons. The second-order valence-electron chi connectivity index (χ2n) is 7.47. The van der Waals surface area contributed by atoms with E-state index in [1.807, 2.05) is 48.5 Å². The van der Waals surface area contributed by atoms with Gasteiger partial charge >= 0.3 is 0 Å². The third-order valence-corrected chi connectivity index (χ3v) is 6.66. The lowest BCUT2D eigenvalue weighted by Gasteiger charge is -2.38. The number of benzene rings is 3. The Morgan fingerprint density at radius 2 is 1.77 bits per heavy atom. The van der Waals surface area contributed by atoms with E-state index in [-0.39, 0.29) is 4.90 Å². The van der Waals surface area contributed by atoms with Gasteiger partial charge in [-0.25, -0.2) is 13.6 Å². The van der Waals surface area contributed by atoms with Gasteiger partial charge in [-0.15, -0.1) is 0 Å². The Hall–Kier alpha value is -3.29. The van der Waals surface area contributed by atoms with Crippen molar-refractivity contribution in [1.29, 1.82) is 0 Å². The van der Waals surface area contributed by atoms with Gasteiger partial charge < -0.3 is 5.73 Å². The maximum atomic E-state index is 12.1. The predicted octanol–water partition coefficient (Wildman–Crippen LogP) is 2.85. The van der Waals surface area contributed by atoms with Crippen molar-refractivity contribution >= 4 is 21.8 Å². The molecule has 0 spiro atoms. The summed E-state index contributed by atoms with van der Waals surface area (Å²) >= 11 is 0. The van der Waals surface area contributed by atoms with Gasteiger partial charge in [-0.05, 0) is 59.0 Å². The summed E-state index contributed by atoms with van der Waals surface area (Å²) in [4.78, 5) is 0.138. The second-order valence-corrected chi connectivity index (χ2v) is 9.00.